The smallest absolute Gasteiger partial charge is 0.329 e. The molecule has 1 aliphatic carbocycles. The second-order valence-electron chi connectivity index (χ2n) is 9.35. The number of fused-ring (bicyclic) bond motifs is 2. The van der Waals surface area contributed by atoms with E-state index in [1.165, 1.54) is 19.3 Å². The molecule has 0 aliphatic heterocycles. The molecule has 3 aromatic heterocycles. The molecule has 1 unspecified atom stereocenters. The van der Waals surface area contributed by atoms with Crippen LogP contribution in [0.3, 0.4) is 0 Å². The Balaban J connectivity index is 1.49. The van der Waals surface area contributed by atoms with Crippen molar-refractivity contribution in [3.05, 3.63) is 58.0 Å². The van der Waals surface area contributed by atoms with Gasteiger partial charge in [-0.3, -0.25) is 14.1 Å². The number of benzene rings is 1. The SMILES string of the molecule is CCCCCC(C)COc1nc(Cn2c(=O)n(C3CC3)c3ccncc32)nc2cc(Cl)ccc12. The summed E-state index contributed by atoms with van der Waals surface area (Å²) in [6.45, 7) is 5.24. The third-order valence-corrected chi connectivity index (χ3v) is 6.69. The van der Waals surface area contributed by atoms with Gasteiger partial charge in [0, 0.05) is 17.3 Å². The highest BCUT2D eigenvalue weighted by Gasteiger charge is 2.29. The molecule has 1 saturated carbocycles. The van der Waals surface area contributed by atoms with E-state index in [0.717, 1.165) is 35.7 Å². The van der Waals surface area contributed by atoms with Crippen molar-refractivity contribution in [2.75, 3.05) is 6.61 Å². The predicted octanol–water partition coefficient (Wildman–Crippen LogP) is 5.77. The Morgan fingerprint density at radius 1 is 1.18 bits per heavy atom. The van der Waals surface area contributed by atoms with E-state index in [4.69, 9.17) is 26.3 Å². The number of halogens is 1. The lowest BCUT2D eigenvalue weighted by atomic mass is 10.0. The van der Waals surface area contributed by atoms with E-state index in [1.54, 1.807) is 17.0 Å². The minimum Gasteiger partial charge on any atom is -0.477 e. The van der Waals surface area contributed by atoms with Crippen molar-refractivity contribution < 1.29 is 4.74 Å². The summed E-state index contributed by atoms with van der Waals surface area (Å²) in [7, 11) is 0. The standard InChI is InChI=1S/C26H30ClN5O2/c1-3-4-5-6-17(2)16-34-25-20-10-7-18(27)13-21(20)29-24(30-25)15-31-23-14-28-12-11-22(23)32(26(31)33)19-8-9-19/h7,10-14,17,19H,3-6,8-9,15-16H2,1-2H3. The fourth-order valence-corrected chi connectivity index (χ4v) is 4.62. The molecule has 8 heteroatoms. The predicted molar refractivity (Wildman–Crippen MR) is 135 cm³/mol. The number of nitrogens with zero attached hydrogens (tertiary/aromatic N) is 5. The molecule has 1 atom stereocenters. The summed E-state index contributed by atoms with van der Waals surface area (Å²) in [5.74, 6) is 1.48. The van der Waals surface area contributed by atoms with Gasteiger partial charge in [-0.05, 0) is 49.4 Å². The van der Waals surface area contributed by atoms with E-state index in [2.05, 4.69) is 18.8 Å². The lowest BCUT2D eigenvalue weighted by Crippen LogP contribution is -2.25. The van der Waals surface area contributed by atoms with Crippen molar-refractivity contribution in [1.29, 1.82) is 0 Å². The second-order valence-corrected chi connectivity index (χ2v) is 9.79. The first kappa shape index (κ1) is 22.8. The summed E-state index contributed by atoms with van der Waals surface area (Å²) in [4.78, 5) is 27.0. The van der Waals surface area contributed by atoms with Gasteiger partial charge in [-0.2, -0.15) is 4.98 Å². The zero-order valence-electron chi connectivity index (χ0n) is 19.7. The molecule has 34 heavy (non-hydrogen) atoms. The van der Waals surface area contributed by atoms with Crippen LogP contribution < -0.4 is 10.4 Å². The maximum Gasteiger partial charge on any atom is 0.329 e. The molecular weight excluding hydrogens is 450 g/mol. The van der Waals surface area contributed by atoms with E-state index in [-0.39, 0.29) is 18.3 Å². The highest BCUT2D eigenvalue weighted by molar-refractivity contribution is 6.31. The second kappa shape index (κ2) is 9.74. The molecule has 1 aromatic carbocycles. The van der Waals surface area contributed by atoms with Crippen LogP contribution in [0.2, 0.25) is 5.02 Å². The Morgan fingerprint density at radius 2 is 2.03 bits per heavy atom. The van der Waals surface area contributed by atoms with Crippen molar-refractivity contribution in [2.45, 2.75) is 65.0 Å². The normalized spacial score (nSPS) is 14.7. The minimum atomic E-state index is -0.0488. The number of hydrogen-bond donors (Lipinski definition) is 0. The molecule has 0 radical (unpaired) electrons. The number of aromatic nitrogens is 5. The van der Waals surface area contributed by atoms with Crippen molar-refractivity contribution in [3.8, 4) is 5.88 Å². The van der Waals surface area contributed by atoms with Gasteiger partial charge < -0.3 is 4.74 Å². The van der Waals surface area contributed by atoms with Gasteiger partial charge in [0.1, 0.15) is 0 Å². The number of pyridine rings is 1. The van der Waals surface area contributed by atoms with Gasteiger partial charge >= 0.3 is 5.69 Å². The maximum absolute atomic E-state index is 13.3. The van der Waals surface area contributed by atoms with Gasteiger partial charge in [-0.15, -0.1) is 0 Å². The molecule has 7 nitrogen and oxygen atoms in total. The average molecular weight is 480 g/mol. The van der Waals surface area contributed by atoms with Crippen molar-refractivity contribution in [1.82, 2.24) is 24.1 Å². The number of unbranched alkanes of at least 4 members (excludes halogenated alkanes) is 2. The van der Waals surface area contributed by atoms with Crippen LogP contribution in [0.1, 0.15) is 64.2 Å². The van der Waals surface area contributed by atoms with E-state index in [0.29, 0.717) is 34.8 Å². The Morgan fingerprint density at radius 3 is 2.82 bits per heavy atom. The molecule has 4 aromatic rings. The summed E-state index contributed by atoms with van der Waals surface area (Å²) >= 11 is 6.26. The Hall–Kier alpha value is -2.93. The molecule has 5 rings (SSSR count). The molecule has 3 heterocycles. The van der Waals surface area contributed by atoms with Gasteiger partial charge in [0.2, 0.25) is 5.88 Å². The third-order valence-electron chi connectivity index (χ3n) is 6.45. The van der Waals surface area contributed by atoms with E-state index in [1.807, 2.05) is 28.8 Å². The maximum atomic E-state index is 13.3. The third kappa shape index (κ3) is 4.67. The quantitative estimate of drug-likeness (QED) is 0.270. The van der Waals surface area contributed by atoms with Crippen LogP contribution in [-0.2, 0) is 6.54 Å². The van der Waals surface area contributed by atoms with E-state index < -0.39 is 0 Å². The minimum absolute atomic E-state index is 0.0488. The van der Waals surface area contributed by atoms with E-state index in [9.17, 15) is 4.79 Å². The van der Waals surface area contributed by atoms with Crippen LogP contribution in [0, 0.1) is 5.92 Å². The lowest BCUT2D eigenvalue weighted by Gasteiger charge is -2.15. The monoisotopic (exact) mass is 479 g/mol. The van der Waals surface area contributed by atoms with Gasteiger partial charge in [0.25, 0.3) is 0 Å². The highest BCUT2D eigenvalue weighted by Crippen LogP contribution is 2.36. The van der Waals surface area contributed by atoms with Crippen molar-refractivity contribution in [3.63, 3.8) is 0 Å². The van der Waals surface area contributed by atoms with E-state index >= 15 is 0 Å². The van der Waals surface area contributed by atoms with Crippen LogP contribution in [0.25, 0.3) is 21.9 Å². The summed E-state index contributed by atoms with van der Waals surface area (Å²) < 4.78 is 9.79. The lowest BCUT2D eigenvalue weighted by molar-refractivity contribution is 0.243. The van der Waals surface area contributed by atoms with Gasteiger partial charge in [0.05, 0.1) is 41.3 Å². The van der Waals surface area contributed by atoms with Gasteiger partial charge in [0.15, 0.2) is 5.82 Å². The first-order chi connectivity index (χ1) is 16.5. The largest absolute Gasteiger partial charge is 0.477 e. The fourth-order valence-electron chi connectivity index (χ4n) is 4.45. The van der Waals surface area contributed by atoms with Gasteiger partial charge in [-0.1, -0.05) is 44.7 Å². The number of imidazole rings is 1. The summed E-state index contributed by atoms with van der Waals surface area (Å²) in [5, 5.41) is 1.42. The van der Waals surface area contributed by atoms with Crippen LogP contribution in [0.5, 0.6) is 5.88 Å². The molecule has 1 aliphatic rings. The molecule has 0 amide bonds. The zero-order chi connectivity index (χ0) is 23.7. The molecular formula is C26H30ClN5O2. The summed E-state index contributed by atoms with van der Waals surface area (Å²) in [6.07, 6.45) is 10.3. The van der Waals surface area contributed by atoms with Gasteiger partial charge in [-0.25, -0.2) is 9.78 Å². The Bertz CT molecular complexity index is 1380. The number of rotatable bonds is 10. The van der Waals surface area contributed by atoms with Crippen LogP contribution in [-0.4, -0.2) is 30.7 Å². The Labute approximate surface area is 203 Å². The molecule has 0 bridgehead atoms. The summed E-state index contributed by atoms with van der Waals surface area (Å²) in [5.41, 5.74) is 2.36. The average Bonchev–Trinajstić information content (AvgIpc) is 3.62. The molecule has 1 fully saturated rings. The van der Waals surface area contributed by atoms with Crippen LogP contribution in [0.15, 0.2) is 41.5 Å². The van der Waals surface area contributed by atoms with Crippen LogP contribution >= 0.6 is 11.6 Å². The van der Waals surface area contributed by atoms with Crippen molar-refractivity contribution in [2.24, 2.45) is 5.92 Å². The molecule has 0 saturated heterocycles. The van der Waals surface area contributed by atoms with Crippen LogP contribution in [0.4, 0.5) is 0 Å². The number of hydrogen-bond acceptors (Lipinski definition) is 5. The highest BCUT2D eigenvalue weighted by atomic mass is 35.5. The number of ether oxygens (including phenoxy) is 1. The van der Waals surface area contributed by atoms with Crippen molar-refractivity contribution >= 4 is 33.5 Å². The fraction of sp³-hybridized carbons (Fsp3) is 0.462. The first-order valence-corrected chi connectivity index (χ1v) is 12.6. The molecule has 0 N–H and O–H groups in total. The zero-order valence-corrected chi connectivity index (χ0v) is 20.5. The Kier molecular flexibility index (Phi) is 6.55. The molecule has 178 valence electrons. The summed E-state index contributed by atoms with van der Waals surface area (Å²) in [6, 6.07) is 7.71. The topological polar surface area (TPSA) is 74.8 Å². The first-order valence-electron chi connectivity index (χ1n) is 12.2. The molecule has 0 spiro atoms.